The molecule has 11 heteroatoms. The molecule has 1 radical (unpaired) electrons. The minimum Gasteiger partial charge on any atom is -0.684 e. The summed E-state index contributed by atoms with van der Waals surface area (Å²) < 4.78 is 3.29. The molecule has 4 aromatic rings. The molecule has 4 heterocycles. The molecule has 6 rings (SSSR count). The first-order valence-electron chi connectivity index (χ1n) is 14.4. The second kappa shape index (κ2) is 14.0. The molecule has 0 bridgehead atoms. The fourth-order valence-corrected chi connectivity index (χ4v) is 5.70. The van der Waals surface area contributed by atoms with Crippen LogP contribution in [0.15, 0.2) is 43.4 Å². The second-order valence-corrected chi connectivity index (χ2v) is 10.5. The van der Waals surface area contributed by atoms with Gasteiger partial charge in [0.15, 0.2) is 0 Å². The summed E-state index contributed by atoms with van der Waals surface area (Å²) in [5.74, 6) is 0. The maximum atomic E-state index is 12.2. The number of H-pyrrole nitrogens is 2. The van der Waals surface area contributed by atoms with Crippen LogP contribution in [0.3, 0.4) is 0 Å². The van der Waals surface area contributed by atoms with Crippen molar-refractivity contribution in [2.75, 3.05) is 18.4 Å². The second-order valence-electron chi connectivity index (χ2n) is 10.5. The Morgan fingerprint density at radius 1 is 0.756 bits per heavy atom. The van der Waals surface area contributed by atoms with Crippen LogP contribution in [0, 0.1) is 44.1 Å². The number of rotatable bonds is 6. The summed E-state index contributed by atoms with van der Waals surface area (Å²) in [4.78, 5) is 53.3. The van der Waals surface area contributed by atoms with Crippen LogP contribution < -0.4 is 27.6 Å². The normalized spacial score (nSPS) is 13.7. The molecule has 2 aliphatic rings. The van der Waals surface area contributed by atoms with Crippen molar-refractivity contribution in [3.05, 3.63) is 82.1 Å². The van der Waals surface area contributed by atoms with Crippen LogP contribution in [-0.4, -0.2) is 32.2 Å². The average Bonchev–Trinajstić information content (AvgIpc) is 2.98. The van der Waals surface area contributed by atoms with Gasteiger partial charge in [0, 0.05) is 74.9 Å². The molecule has 0 spiro atoms. The van der Waals surface area contributed by atoms with Crippen LogP contribution in [0.1, 0.15) is 63.5 Å². The third kappa shape index (κ3) is 6.41. The Morgan fingerprint density at radius 3 is 1.93 bits per heavy atom. The fraction of sp³-hybridized carbons (Fsp3) is 0.467. The van der Waals surface area contributed by atoms with Gasteiger partial charge in [-0.15, -0.1) is 12.2 Å². The van der Waals surface area contributed by atoms with E-state index in [0.717, 1.165) is 109 Å². The van der Waals surface area contributed by atoms with Crippen molar-refractivity contribution in [2.24, 2.45) is 0 Å². The minimum atomic E-state index is -0.540. The molecule has 0 fully saturated rings. The number of aromatic amines is 2. The molecule has 0 unspecified atom stereocenters. The molecule has 0 saturated heterocycles. The molecule has 10 nitrogen and oxygen atoms in total. The summed E-state index contributed by atoms with van der Waals surface area (Å²) in [5.41, 5.74) is 5.58. The predicted octanol–water partition coefficient (Wildman–Crippen LogP) is 4.29. The van der Waals surface area contributed by atoms with E-state index >= 15 is 0 Å². The Kier molecular flexibility index (Phi) is 10.7. The zero-order chi connectivity index (χ0) is 28.2. The Balaban J connectivity index is 0.000000184. The summed E-state index contributed by atoms with van der Waals surface area (Å²) >= 11 is 0. The molecule has 41 heavy (non-hydrogen) atoms. The fourth-order valence-electron chi connectivity index (χ4n) is 5.70. The summed E-state index contributed by atoms with van der Waals surface area (Å²) in [6.07, 6.45) is 7.66. The van der Waals surface area contributed by atoms with Crippen LogP contribution in [0.4, 0.5) is 11.4 Å². The molecule has 2 aromatic heterocycles. The van der Waals surface area contributed by atoms with E-state index < -0.39 is 22.2 Å². The minimum absolute atomic E-state index is 0. The van der Waals surface area contributed by atoms with Gasteiger partial charge in [0.05, 0.1) is 22.1 Å². The van der Waals surface area contributed by atoms with Gasteiger partial charge in [-0.3, -0.25) is 19.2 Å². The largest absolute Gasteiger partial charge is 0.684 e. The first-order chi connectivity index (χ1) is 19.4. The van der Waals surface area contributed by atoms with Gasteiger partial charge in [0.25, 0.3) is 0 Å². The molecule has 2 aliphatic heterocycles. The number of aromatic nitrogens is 4. The first kappa shape index (κ1) is 31.3. The van der Waals surface area contributed by atoms with Crippen molar-refractivity contribution in [3.63, 3.8) is 0 Å². The monoisotopic (exact) mass is 772 g/mol. The summed E-state index contributed by atoms with van der Waals surface area (Å²) in [6.45, 7) is 7.14. The molecular weight excluding hydrogens is 735 g/mol. The number of nitrogens with one attached hydrogen (secondary N) is 3. The molecular formula is C30H37AcN6O4-. The number of unbranched alkanes of at least 4 members (excludes halogenated alkanes) is 2. The SMILES string of the molecule is CCCCn1c(=O)c(=O)[nH]c2ccc3c(c21)CCCN3.CCCCn1c(=O)c(=O)[nH]c2ccc3c(c21)CCC[N-]3.[Ac]. The summed E-state index contributed by atoms with van der Waals surface area (Å²) in [5, 5.41) is 7.87. The Hall–Kier alpha value is -2.64. The first-order valence-corrected chi connectivity index (χ1v) is 14.4. The van der Waals surface area contributed by atoms with Crippen molar-refractivity contribution in [3.8, 4) is 0 Å². The maximum absolute atomic E-state index is 12.2. The van der Waals surface area contributed by atoms with Crippen LogP contribution in [0.2, 0.25) is 0 Å². The van der Waals surface area contributed by atoms with Crippen molar-refractivity contribution < 1.29 is 44.1 Å². The van der Waals surface area contributed by atoms with Crippen LogP contribution >= 0.6 is 0 Å². The van der Waals surface area contributed by atoms with Crippen LogP contribution in [0.25, 0.3) is 27.4 Å². The maximum Gasteiger partial charge on any atom is 0.316 e. The Bertz CT molecular complexity index is 1650. The zero-order valence-corrected chi connectivity index (χ0v) is 28.6. The van der Waals surface area contributed by atoms with E-state index in [1.807, 2.05) is 24.3 Å². The van der Waals surface area contributed by atoms with Gasteiger partial charge in [-0.2, -0.15) is 0 Å². The third-order valence-electron chi connectivity index (χ3n) is 7.71. The average molecular weight is 773 g/mol. The van der Waals surface area contributed by atoms with E-state index in [9.17, 15) is 19.2 Å². The number of hydrogen-bond acceptors (Lipinski definition) is 5. The predicted molar refractivity (Wildman–Crippen MR) is 160 cm³/mol. The van der Waals surface area contributed by atoms with Crippen molar-refractivity contribution in [1.82, 2.24) is 19.1 Å². The van der Waals surface area contributed by atoms with Gasteiger partial charge in [-0.1, -0.05) is 39.2 Å². The molecule has 2 aromatic carbocycles. The Labute approximate surface area is 273 Å². The summed E-state index contributed by atoms with van der Waals surface area (Å²) in [6, 6.07) is 7.66. The smallest absolute Gasteiger partial charge is 0.316 e. The number of fused-ring (bicyclic) bond motifs is 6. The van der Waals surface area contributed by atoms with E-state index in [4.69, 9.17) is 0 Å². The van der Waals surface area contributed by atoms with Gasteiger partial charge in [-0.25, -0.2) is 0 Å². The van der Waals surface area contributed by atoms with Crippen molar-refractivity contribution >= 4 is 33.4 Å². The molecule has 0 amide bonds. The third-order valence-corrected chi connectivity index (χ3v) is 7.71. The van der Waals surface area contributed by atoms with Gasteiger partial charge < -0.3 is 29.7 Å². The van der Waals surface area contributed by atoms with Crippen molar-refractivity contribution in [1.29, 1.82) is 0 Å². The number of hydrogen-bond donors (Lipinski definition) is 3. The van der Waals surface area contributed by atoms with Gasteiger partial charge in [-0.05, 0) is 55.9 Å². The molecule has 3 N–H and O–H groups in total. The Morgan fingerprint density at radius 2 is 1.32 bits per heavy atom. The van der Waals surface area contributed by atoms with E-state index in [2.05, 4.69) is 34.4 Å². The topological polar surface area (TPSA) is 136 Å². The van der Waals surface area contributed by atoms with E-state index in [0.29, 0.717) is 13.1 Å². The molecule has 215 valence electrons. The number of anilines is 1. The number of aryl methyl sites for hydroxylation is 4. The number of benzene rings is 2. The van der Waals surface area contributed by atoms with E-state index in [1.165, 1.54) is 0 Å². The van der Waals surface area contributed by atoms with Gasteiger partial charge >= 0.3 is 22.2 Å². The molecule has 0 aliphatic carbocycles. The van der Waals surface area contributed by atoms with Crippen LogP contribution in [-0.2, 0) is 25.9 Å². The van der Waals surface area contributed by atoms with E-state index in [-0.39, 0.29) is 44.1 Å². The van der Waals surface area contributed by atoms with Gasteiger partial charge in [0.2, 0.25) is 0 Å². The van der Waals surface area contributed by atoms with Crippen molar-refractivity contribution in [2.45, 2.75) is 78.3 Å². The quantitative estimate of drug-likeness (QED) is 0.252. The van der Waals surface area contributed by atoms with Gasteiger partial charge in [0.1, 0.15) is 0 Å². The molecule has 0 atom stereocenters. The number of nitrogens with zero attached hydrogens (tertiary/aromatic N) is 3. The molecule has 0 saturated carbocycles. The van der Waals surface area contributed by atoms with E-state index in [1.54, 1.807) is 9.13 Å². The standard InChI is InChI=1S/2C15H19N3O2.Ac/c2*1-2-3-9-18-13-10-5-4-8-16-11(10)6-7-12(13)17-14(19)15(18)20;/h6-7H,2-5,8-9H2,1H3,(H2,16,17,19,20);6-7,16H,2-5,8-9H2,1H3,(H,17,19);/p-1. The summed E-state index contributed by atoms with van der Waals surface area (Å²) in [7, 11) is 0. The van der Waals surface area contributed by atoms with Crippen LogP contribution in [0.5, 0.6) is 0 Å². The zero-order valence-electron chi connectivity index (χ0n) is 23.8.